The summed E-state index contributed by atoms with van der Waals surface area (Å²) in [7, 11) is 1.78. The van der Waals surface area contributed by atoms with Gasteiger partial charge in [-0.05, 0) is 51.3 Å². The van der Waals surface area contributed by atoms with Crippen LogP contribution in [0.1, 0.15) is 45.2 Å². The summed E-state index contributed by atoms with van der Waals surface area (Å²) >= 11 is 0. The topological polar surface area (TPSA) is 64.1 Å². The van der Waals surface area contributed by atoms with Crippen molar-refractivity contribution in [1.29, 1.82) is 0 Å². The lowest BCUT2D eigenvalue weighted by molar-refractivity contribution is 0.113. The van der Waals surface area contributed by atoms with Crippen molar-refractivity contribution in [3.63, 3.8) is 0 Å². The summed E-state index contributed by atoms with van der Waals surface area (Å²) in [4.78, 5) is 4.30. The highest BCUT2D eigenvalue weighted by Gasteiger charge is 2.17. The van der Waals surface area contributed by atoms with Gasteiger partial charge in [0.2, 0.25) is 0 Å². The fourth-order valence-electron chi connectivity index (χ4n) is 2.84. The largest absolute Gasteiger partial charge is 0.490 e. The Hall–Kier alpha value is -1.22. The van der Waals surface area contributed by atoms with E-state index in [9.17, 15) is 0 Å². The normalized spacial score (nSPS) is 18.0. The fourth-order valence-corrected chi connectivity index (χ4v) is 2.84. The highest BCUT2D eigenvalue weighted by molar-refractivity contribution is 14.0. The summed E-state index contributed by atoms with van der Waals surface area (Å²) in [5.41, 5.74) is 1.12. The van der Waals surface area contributed by atoms with Gasteiger partial charge >= 0.3 is 0 Å². The number of guanidine groups is 1. The minimum absolute atomic E-state index is 0. The van der Waals surface area contributed by atoms with Gasteiger partial charge in [-0.1, -0.05) is 6.07 Å². The standard InChI is InChI=1S/C19H31N3O3.HI/c1-5-23-17-10-9-15(12-18(17)24-6-2)14(3)22-19(20-4)21-13-16-8-7-11-25-16;/h9-10,12,14,16H,5-8,11,13H2,1-4H3,(H2,20,21,22);1H. The van der Waals surface area contributed by atoms with Gasteiger partial charge in [0.15, 0.2) is 17.5 Å². The third-order valence-electron chi connectivity index (χ3n) is 4.17. The summed E-state index contributed by atoms with van der Waals surface area (Å²) in [5.74, 6) is 2.33. The van der Waals surface area contributed by atoms with Crippen LogP contribution < -0.4 is 20.1 Å². The van der Waals surface area contributed by atoms with Gasteiger partial charge in [0.1, 0.15) is 0 Å². The Balaban J connectivity index is 0.00000338. The zero-order valence-corrected chi connectivity index (χ0v) is 18.5. The first-order valence-corrected chi connectivity index (χ1v) is 9.16. The molecule has 0 aromatic heterocycles. The molecule has 0 bridgehead atoms. The van der Waals surface area contributed by atoms with E-state index in [0.717, 1.165) is 49.0 Å². The SMILES string of the molecule is CCOc1ccc(C(C)NC(=NC)NCC2CCCO2)cc1OCC.I. The van der Waals surface area contributed by atoms with Gasteiger partial charge in [0.05, 0.1) is 25.4 Å². The van der Waals surface area contributed by atoms with Gasteiger partial charge in [-0.25, -0.2) is 0 Å². The second-order valence-electron chi connectivity index (χ2n) is 6.03. The average Bonchev–Trinajstić information content (AvgIpc) is 3.13. The lowest BCUT2D eigenvalue weighted by atomic mass is 10.1. The van der Waals surface area contributed by atoms with E-state index in [1.54, 1.807) is 7.05 Å². The molecule has 1 aliphatic heterocycles. The Bertz CT molecular complexity index is 563. The number of hydrogen-bond acceptors (Lipinski definition) is 4. The van der Waals surface area contributed by atoms with Crippen molar-refractivity contribution in [3.8, 4) is 11.5 Å². The van der Waals surface area contributed by atoms with E-state index in [1.807, 2.05) is 26.0 Å². The number of nitrogens with zero attached hydrogens (tertiary/aromatic N) is 1. The molecule has 0 radical (unpaired) electrons. The van der Waals surface area contributed by atoms with Crippen molar-refractivity contribution in [3.05, 3.63) is 23.8 Å². The molecule has 6 nitrogen and oxygen atoms in total. The van der Waals surface area contributed by atoms with Crippen LogP contribution in [0.15, 0.2) is 23.2 Å². The van der Waals surface area contributed by atoms with Gasteiger partial charge < -0.3 is 24.8 Å². The van der Waals surface area contributed by atoms with Crippen molar-refractivity contribution >= 4 is 29.9 Å². The summed E-state index contributed by atoms with van der Waals surface area (Å²) in [6.07, 6.45) is 2.53. The molecule has 1 aromatic carbocycles. The summed E-state index contributed by atoms with van der Waals surface area (Å²) in [6, 6.07) is 6.13. The molecule has 26 heavy (non-hydrogen) atoms. The third-order valence-corrected chi connectivity index (χ3v) is 4.17. The Labute approximate surface area is 174 Å². The van der Waals surface area contributed by atoms with Gasteiger partial charge in [-0.15, -0.1) is 24.0 Å². The highest BCUT2D eigenvalue weighted by Crippen LogP contribution is 2.30. The molecule has 2 N–H and O–H groups in total. The van der Waals surface area contributed by atoms with E-state index in [1.165, 1.54) is 0 Å². The number of halogens is 1. The Kier molecular flexibility index (Phi) is 10.7. The number of ether oxygens (including phenoxy) is 3. The van der Waals surface area contributed by atoms with Gasteiger partial charge in [-0.3, -0.25) is 4.99 Å². The summed E-state index contributed by atoms with van der Waals surface area (Å²) < 4.78 is 17.0. The minimum Gasteiger partial charge on any atom is -0.490 e. The summed E-state index contributed by atoms with van der Waals surface area (Å²) in [5, 5.41) is 6.76. The maximum Gasteiger partial charge on any atom is 0.191 e. The molecule has 1 heterocycles. The predicted molar refractivity (Wildman–Crippen MR) is 116 cm³/mol. The first-order chi connectivity index (χ1) is 12.2. The van der Waals surface area contributed by atoms with Gasteiger partial charge in [0, 0.05) is 20.2 Å². The van der Waals surface area contributed by atoms with Crippen molar-refractivity contribution in [2.45, 2.75) is 45.8 Å². The molecule has 0 spiro atoms. The van der Waals surface area contributed by atoms with E-state index in [4.69, 9.17) is 14.2 Å². The van der Waals surface area contributed by atoms with Crippen LogP contribution >= 0.6 is 24.0 Å². The quantitative estimate of drug-likeness (QED) is 0.341. The maximum atomic E-state index is 5.71. The average molecular weight is 477 g/mol. The Morgan fingerprint density at radius 2 is 2.00 bits per heavy atom. The smallest absolute Gasteiger partial charge is 0.191 e. The number of hydrogen-bond donors (Lipinski definition) is 2. The van der Waals surface area contributed by atoms with Gasteiger partial charge in [-0.2, -0.15) is 0 Å². The third kappa shape index (κ3) is 6.83. The molecule has 2 atom stereocenters. The molecule has 2 rings (SSSR count). The molecule has 1 fully saturated rings. The minimum atomic E-state index is 0. The van der Waals surface area contributed by atoms with Crippen LogP contribution in [0.3, 0.4) is 0 Å². The van der Waals surface area contributed by atoms with E-state index in [0.29, 0.717) is 13.2 Å². The van der Waals surface area contributed by atoms with Crippen LogP contribution in [0, 0.1) is 0 Å². The molecule has 1 aliphatic rings. The van der Waals surface area contributed by atoms with Crippen LogP contribution in [-0.2, 0) is 4.74 Å². The maximum absolute atomic E-state index is 5.71. The van der Waals surface area contributed by atoms with Crippen LogP contribution in [0.2, 0.25) is 0 Å². The zero-order valence-electron chi connectivity index (χ0n) is 16.2. The molecule has 1 saturated heterocycles. The number of benzene rings is 1. The molecule has 1 aromatic rings. The molecule has 0 amide bonds. The van der Waals surface area contributed by atoms with E-state index in [-0.39, 0.29) is 36.1 Å². The Morgan fingerprint density at radius 3 is 2.62 bits per heavy atom. The van der Waals surface area contributed by atoms with Crippen LogP contribution in [0.4, 0.5) is 0 Å². The number of nitrogens with one attached hydrogen (secondary N) is 2. The summed E-state index contributed by atoms with van der Waals surface area (Å²) in [6.45, 7) is 8.91. The molecule has 7 heteroatoms. The predicted octanol–water partition coefficient (Wildman–Crippen LogP) is 3.51. The molecule has 0 aliphatic carbocycles. The lowest BCUT2D eigenvalue weighted by Crippen LogP contribution is -2.42. The highest BCUT2D eigenvalue weighted by atomic mass is 127. The van der Waals surface area contributed by atoms with Crippen molar-refractivity contribution < 1.29 is 14.2 Å². The fraction of sp³-hybridized carbons (Fsp3) is 0.632. The van der Waals surface area contributed by atoms with Crippen LogP contribution in [-0.4, -0.2) is 45.5 Å². The second kappa shape index (κ2) is 12.2. The zero-order chi connectivity index (χ0) is 18.1. The lowest BCUT2D eigenvalue weighted by Gasteiger charge is -2.21. The number of aliphatic imine (C=N–C) groups is 1. The van der Waals surface area contributed by atoms with Gasteiger partial charge in [0.25, 0.3) is 0 Å². The first kappa shape index (κ1) is 22.8. The van der Waals surface area contributed by atoms with E-state index in [2.05, 4.69) is 28.6 Å². The van der Waals surface area contributed by atoms with E-state index < -0.39 is 0 Å². The molecule has 0 saturated carbocycles. The molecule has 148 valence electrons. The monoisotopic (exact) mass is 477 g/mol. The Morgan fingerprint density at radius 1 is 1.27 bits per heavy atom. The van der Waals surface area contributed by atoms with Crippen LogP contribution in [0.5, 0.6) is 11.5 Å². The van der Waals surface area contributed by atoms with Crippen LogP contribution in [0.25, 0.3) is 0 Å². The van der Waals surface area contributed by atoms with Crippen molar-refractivity contribution in [1.82, 2.24) is 10.6 Å². The molecular formula is C19H32IN3O3. The molecule has 2 unspecified atom stereocenters. The number of rotatable bonds is 8. The second-order valence-corrected chi connectivity index (χ2v) is 6.03. The van der Waals surface area contributed by atoms with E-state index >= 15 is 0 Å². The molecular weight excluding hydrogens is 445 g/mol. The van der Waals surface area contributed by atoms with Crippen molar-refractivity contribution in [2.24, 2.45) is 4.99 Å². The van der Waals surface area contributed by atoms with Crippen molar-refractivity contribution in [2.75, 3.05) is 33.4 Å². The first-order valence-electron chi connectivity index (χ1n) is 9.16.